The number of nitrogens with zero attached hydrogens (tertiary/aromatic N) is 2. The molecular weight excluding hydrogens is 296 g/mol. The van der Waals surface area contributed by atoms with Gasteiger partial charge in [0.05, 0.1) is 4.90 Å². The third-order valence-corrected chi connectivity index (χ3v) is 5.95. The molecule has 0 N–H and O–H groups in total. The molecule has 1 aromatic carbocycles. The van der Waals surface area contributed by atoms with Gasteiger partial charge in [-0.1, -0.05) is 18.6 Å². The van der Waals surface area contributed by atoms with E-state index in [-0.39, 0.29) is 0 Å². The first-order chi connectivity index (χ1) is 10.7. The Hall–Kier alpha value is -1.72. The van der Waals surface area contributed by atoms with Crippen molar-refractivity contribution in [3.8, 4) is 0 Å². The van der Waals surface area contributed by atoms with Crippen LogP contribution in [0, 0.1) is 0 Å². The molecule has 1 aliphatic heterocycles. The van der Waals surface area contributed by atoms with Gasteiger partial charge in [-0.25, -0.2) is 8.42 Å². The highest BCUT2D eigenvalue weighted by atomic mass is 32.2. The molecule has 0 atom stereocenters. The van der Waals surface area contributed by atoms with Crippen LogP contribution in [0.4, 0.5) is 0 Å². The summed E-state index contributed by atoms with van der Waals surface area (Å²) in [6.07, 6.45) is 7.36. The van der Waals surface area contributed by atoms with Gasteiger partial charge in [0.2, 0.25) is 10.0 Å². The fourth-order valence-corrected chi connectivity index (χ4v) is 4.29. The third-order valence-electron chi connectivity index (χ3n) is 4.03. The van der Waals surface area contributed by atoms with E-state index in [1.807, 2.05) is 24.3 Å². The standard InChI is InChI=1S/C17H20N2O2S/c20-22(21,19-12-2-1-3-13-19)17-6-4-15(5-7-17)14-16-8-10-18-11-9-16/h4-11H,1-3,12-14H2. The second-order valence-corrected chi connectivity index (χ2v) is 7.58. The first-order valence-corrected chi connectivity index (χ1v) is 9.08. The molecule has 116 valence electrons. The average Bonchev–Trinajstić information content (AvgIpc) is 2.57. The highest BCUT2D eigenvalue weighted by molar-refractivity contribution is 7.89. The number of piperidine rings is 1. The average molecular weight is 316 g/mol. The van der Waals surface area contributed by atoms with Gasteiger partial charge in [0.25, 0.3) is 0 Å². The Bertz CT molecular complexity index is 706. The summed E-state index contributed by atoms with van der Waals surface area (Å²) < 4.78 is 26.8. The van der Waals surface area contributed by atoms with Crippen LogP contribution in [0.3, 0.4) is 0 Å². The van der Waals surface area contributed by atoms with E-state index in [9.17, 15) is 8.42 Å². The van der Waals surface area contributed by atoms with Crippen LogP contribution < -0.4 is 0 Å². The van der Waals surface area contributed by atoms with Gasteiger partial charge in [-0.15, -0.1) is 0 Å². The number of pyridine rings is 1. The van der Waals surface area contributed by atoms with Crippen molar-refractivity contribution in [2.45, 2.75) is 30.6 Å². The lowest BCUT2D eigenvalue weighted by molar-refractivity contribution is 0.346. The summed E-state index contributed by atoms with van der Waals surface area (Å²) in [5.74, 6) is 0. The van der Waals surface area contributed by atoms with Gasteiger partial charge in [-0.05, 0) is 54.7 Å². The van der Waals surface area contributed by atoms with E-state index in [0.29, 0.717) is 18.0 Å². The second-order valence-electron chi connectivity index (χ2n) is 5.64. The quantitative estimate of drug-likeness (QED) is 0.871. The van der Waals surface area contributed by atoms with E-state index in [1.54, 1.807) is 28.8 Å². The minimum atomic E-state index is -3.33. The fraction of sp³-hybridized carbons (Fsp3) is 0.353. The summed E-state index contributed by atoms with van der Waals surface area (Å²) in [7, 11) is -3.33. The van der Waals surface area contributed by atoms with Gasteiger partial charge >= 0.3 is 0 Å². The number of rotatable bonds is 4. The van der Waals surface area contributed by atoms with Crippen molar-refractivity contribution in [1.29, 1.82) is 0 Å². The van der Waals surface area contributed by atoms with E-state index in [0.717, 1.165) is 31.2 Å². The van der Waals surface area contributed by atoms with Crippen molar-refractivity contribution in [2.75, 3.05) is 13.1 Å². The van der Waals surface area contributed by atoms with Crippen LogP contribution in [0.5, 0.6) is 0 Å². The normalized spacial score (nSPS) is 16.5. The van der Waals surface area contributed by atoms with E-state index < -0.39 is 10.0 Å². The number of hydrogen-bond donors (Lipinski definition) is 0. The van der Waals surface area contributed by atoms with Crippen LogP contribution in [-0.2, 0) is 16.4 Å². The summed E-state index contributed by atoms with van der Waals surface area (Å²) in [6.45, 7) is 1.28. The predicted octanol–water partition coefficient (Wildman–Crippen LogP) is 2.85. The molecule has 2 aromatic rings. The molecule has 22 heavy (non-hydrogen) atoms. The largest absolute Gasteiger partial charge is 0.265 e. The third kappa shape index (κ3) is 3.36. The molecule has 0 saturated carbocycles. The molecule has 4 nitrogen and oxygen atoms in total. The summed E-state index contributed by atoms with van der Waals surface area (Å²) in [5, 5.41) is 0. The molecule has 1 saturated heterocycles. The van der Waals surface area contributed by atoms with Crippen LogP contribution in [0.2, 0.25) is 0 Å². The maximum atomic E-state index is 12.6. The number of benzene rings is 1. The lowest BCUT2D eigenvalue weighted by Gasteiger charge is -2.25. The zero-order valence-electron chi connectivity index (χ0n) is 12.5. The smallest absolute Gasteiger partial charge is 0.243 e. The van der Waals surface area contributed by atoms with Crippen molar-refractivity contribution in [3.63, 3.8) is 0 Å². The zero-order chi connectivity index (χ0) is 15.4. The summed E-state index contributed by atoms with van der Waals surface area (Å²) in [5.41, 5.74) is 2.27. The Kier molecular flexibility index (Phi) is 4.55. The molecule has 1 aliphatic rings. The highest BCUT2D eigenvalue weighted by Gasteiger charge is 2.25. The molecule has 2 heterocycles. The SMILES string of the molecule is O=S(=O)(c1ccc(Cc2ccncc2)cc1)N1CCCCC1. The van der Waals surface area contributed by atoms with Crippen LogP contribution in [0.25, 0.3) is 0 Å². The maximum absolute atomic E-state index is 12.6. The van der Waals surface area contributed by atoms with Gasteiger partial charge < -0.3 is 0 Å². The minimum Gasteiger partial charge on any atom is -0.265 e. The Morgan fingerprint density at radius 3 is 2.09 bits per heavy atom. The first kappa shape index (κ1) is 15.2. The molecule has 0 bridgehead atoms. The molecule has 0 amide bonds. The van der Waals surface area contributed by atoms with Crippen molar-refractivity contribution in [1.82, 2.24) is 9.29 Å². The Morgan fingerprint density at radius 2 is 1.45 bits per heavy atom. The number of sulfonamides is 1. The van der Waals surface area contributed by atoms with Gasteiger partial charge in [-0.2, -0.15) is 4.31 Å². The van der Waals surface area contributed by atoms with Crippen LogP contribution >= 0.6 is 0 Å². The topological polar surface area (TPSA) is 50.3 Å². The summed E-state index contributed by atoms with van der Waals surface area (Å²) in [6, 6.07) is 11.2. The molecule has 0 radical (unpaired) electrons. The first-order valence-electron chi connectivity index (χ1n) is 7.64. The highest BCUT2D eigenvalue weighted by Crippen LogP contribution is 2.21. The molecule has 3 rings (SSSR count). The van der Waals surface area contributed by atoms with Gasteiger partial charge in [0.1, 0.15) is 0 Å². The van der Waals surface area contributed by atoms with Crippen molar-refractivity contribution < 1.29 is 8.42 Å². The lowest BCUT2D eigenvalue weighted by atomic mass is 10.1. The van der Waals surface area contributed by atoms with E-state index in [4.69, 9.17) is 0 Å². The monoisotopic (exact) mass is 316 g/mol. The van der Waals surface area contributed by atoms with E-state index in [1.165, 1.54) is 5.56 Å². The lowest BCUT2D eigenvalue weighted by Crippen LogP contribution is -2.35. The molecule has 0 spiro atoms. The molecular formula is C17H20N2O2S. The van der Waals surface area contributed by atoms with Crippen molar-refractivity contribution in [2.24, 2.45) is 0 Å². The van der Waals surface area contributed by atoms with E-state index in [2.05, 4.69) is 4.98 Å². The Labute approximate surface area is 131 Å². The van der Waals surface area contributed by atoms with Gasteiger partial charge in [0.15, 0.2) is 0 Å². The molecule has 1 aromatic heterocycles. The minimum absolute atomic E-state index is 0.396. The molecule has 5 heteroatoms. The van der Waals surface area contributed by atoms with Crippen molar-refractivity contribution in [3.05, 3.63) is 59.9 Å². The Morgan fingerprint density at radius 1 is 0.864 bits per heavy atom. The van der Waals surface area contributed by atoms with Crippen molar-refractivity contribution >= 4 is 10.0 Å². The zero-order valence-corrected chi connectivity index (χ0v) is 13.3. The second kappa shape index (κ2) is 6.58. The summed E-state index contributed by atoms with van der Waals surface area (Å²) >= 11 is 0. The van der Waals surface area contributed by atoms with Gasteiger partial charge in [-0.3, -0.25) is 4.98 Å². The maximum Gasteiger partial charge on any atom is 0.243 e. The molecule has 0 aliphatic carbocycles. The predicted molar refractivity (Wildman–Crippen MR) is 86.1 cm³/mol. The van der Waals surface area contributed by atoms with Crippen LogP contribution in [0.15, 0.2) is 53.7 Å². The number of hydrogen-bond acceptors (Lipinski definition) is 3. The fourth-order valence-electron chi connectivity index (χ4n) is 2.77. The van der Waals surface area contributed by atoms with E-state index >= 15 is 0 Å². The molecule has 1 fully saturated rings. The number of aromatic nitrogens is 1. The summed E-state index contributed by atoms with van der Waals surface area (Å²) in [4.78, 5) is 4.40. The Balaban J connectivity index is 1.76. The van der Waals surface area contributed by atoms with Crippen LogP contribution in [0.1, 0.15) is 30.4 Å². The van der Waals surface area contributed by atoms with Gasteiger partial charge in [0, 0.05) is 25.5 Å². The molecule has 0 unspecified atom stereocenters. The van der Waals surface area contributed by atoms with Crippen LogP contribution in [-0.4, -0.2) is 30.8 Å².